The predicted octanol–water partition coefficient (Wildman–Crippen LogP) is 1.48. The number of aliphatic carboxylic acids is 1. The van der Waals surface area contributed by atoms with Crippen LogP contribution in [-0.4, -0.2) is 16.6 Å². The second-order valence-corrected chi connectivity index (χ2v) is 3.32. The van der Waals surface area contributed by atoms with Crippen LogP contribution in [0.3, 0.4) is 0 Å². The highest BCUT2D eigenvalue weighted by atomic mass is 16.4. The van der Waals surface area contributed by atoms with Crippen molar-refractivity contribution in [3.63, 3.8) is 0 Å². The molecule has 0 radical (unpaired) electrons. The highest BCUT2D eigenvalue weighted by molar-refractivity contribution is 5.90. The van der Waals surface area contributed by atoms with Crippen LogP contribution in [0.25, 0.3) is 0 Å². The Balaban J connectivity index is 4.64. The third-order valence-corrected chi connectivity index (χ3v) is 1.24. The van der Waals surface area contributed by atoms with E-state index in [1.54, 1.807) is 19.9 Å². The monoisotopic (exact) mass is 181 g/mol. The molecule has 3 N–H and O–H groups in total. The molecule has 0 saturated carbocycles. The molecular formula is C10H15NO2. The van der Waals surface area contributed by atoms with Gasteiger partial charge in [0.25, 0.3) is 0 Å². The largest absolute Gasteiger partial charge is 0.478 e. The fraction of sp³-hybridized carbons (Fsp3) is 0.300. The summed E-state index contributed by atoms with van der Waals surface area (Å²) in [6, 6.07) is 0. The third-order valence-electron chi connectivity index (χ3n) is 1.24. The van der Waals surface area contributed by atoms with Crippen LogP contribution in [0, 0.1) is 0 Å². The fourth-order valence-corrected chi connectivity index (χ4v) is 0.630. The molecule has 0 spiro atoms. The molecule has 13 heavy (non-hydrogen) atoms. The van der Waals surface area contributed by atoms with Gasteiger partial charge in [0.1, 0.15) is 0 Å². The molecular weight excluding hydrogens is 166 g/mol. The van der Waals surface area contributed by atoms with Gasteiger partial charge in [-0.15, -0.1) is 0 Å². The normalized spacial score (nSPS) is 13.3. The number of carboxylic acid groups (broad SMARTS) is 1. The lowest BCUT2D eigenvalue weighted by Gasteiger charge is -2.11. The van der Waals surface area contributed by atoms with Gasteiger partial charge in [-0.1, -0.05) is 18.7 Å². The van der Waals surface area contributed by atoms with Gasteiger partial charge in [0.2, 0.25) is 0 Å². The van der Waals surface area contributed by atoms with Crippen LogP contribution >= 0.6 is 0 Å². The number of carbonyl (C=O) groups is 1. The molecule has 0 aliphatic heterocycles. The first-order valence-corrected chi connectivity index (χ1v) is 3.91. The topological polar surface area (TPSA) is 63.3 Å². The van der Waals surface area contributed by atoms with Crippen molar-refractivity contribution in [3.05, 3.63) is 36.5 Å². The Morgan fingerprint density at radius 1 is 1.54 bits per heavy atom. The molecule has 0 rings (SSSR count). The summed E-state index contributed by atoms with van der Waals surface area (Å²) in [4.78, 5) is 10.6. The van der Waals surface area contributed by atoms with E-state index in [0.29, 0.717) is 0 Å². The van der Waals surface area contributed by atoms with Crippen molar-refractivity contribution >= 4 is 5.97 Å². The van der Waals surface area contributed by atoms with E-state index in [4.69, 9.17) is 10.8 Å². The summed E-state index contributed by atoms with van der Waals surface area (Å²) in [6.45, 7) is 7.00. The van der Waals surface area contributed by atoms with E-state index in [9.17, 15) is 4.79 Å². The lowest BCUT2D eigenvalue weighted by Crippen LogP contribution is -2.28. The molecule has 0 saturated heterocycles. The number of allylic oxidation sites excluding steroid dienone is 2. The van der Waals surface area contributed by atoms with Crippen molar-refractivity contribution in [1.82, 2.24) is 0 Å². The average Bonchev–Trinajstić information content (AvgIpc) is 1.95. The zero-order valence-corrected chi connectivity index (χ0v) is 7.95. The van der Waals surface area contributed by atoms with Gasteiger partial charge in [0.15, 0.2) is 0 Å². The van der Waals surface area contributed by atoms with E-state index in [-0.39, 0.29) is 5.57 Å². The smallest absolute Gasteiger partial charge is 0.335 e. The lowest BCUT2D eigenvalue weighted by molar-refractivity contribution is -0.132. The van der Waals surface area contributed by atoms with Gasteiger partial charge >= 0.3 is 5.97 Å². The minimum absolute atomic E-state index is 0.175. The summed E-state index contributed by atoms with van der Waals surface area (Å²) in [6.07, 6.45) is 5.96. The Morgan fingerprint density at radius 2 is 2.08 bits per heavy atom. The van der Waals surface area contributed by atoms with Crippen LogP contribution in [0.1, 0.15) is 13.8 Å². The zero-order valence-electron chi connectivity index (χ0n) is 7.95. The SMILES string of the molecule is C=C/C=C(\C=C/C(C)(C)N)C(=O)O. The third kappa shape index (κ3) is 5.87. The van der Waals surface area contributed by atoms with Gasteiger partial charge in [-0.2, -0.15) is 0 Å². The Hall–Kier alpha value is -1.35. The van der Waals surface area contributed by atoms with E-state index in [1.807, 2.05) is 0 Å². The minimum atomic E-state index is -0.986. The number of carboxylic acids is 1. The van der Waals surface area contributed by atoms with Crippen molar-refractivity contribution in [2.45, 2.75) is 19.4 Å². The second kappa shape index (κ2) is 4.62. The molecule has 0 aromatic heterocycles. The summed E-state index contributed by atoms with van der Waals surface area (Å²) in [5.74, 6) is -0.986. The van der Waals surface area contributed by atoms with Crippen molar-refractivity contribution in [3.8, 4) is 0 Å². The van der Waals surface area contributed by atoms with E-state index < -0.39 is 11.5 Å². The Labute approximate surface area is 78.3 Å². The standard InChI is InChI=1S/C10H15NO2/c1-4-5-8(9(12)13)6-7-10(2,3)11/h4-7H,1,11H2,2-3H3,(H,12,13)/b7-6-,8-5+. The number of nitrogens with two attached hydrogens (primary N) is 1. The Morgan fingerprint density at radius 3 is 2.38 bits per heavy atom. The fourth-order valence-electron chi connectivity index (χ4n) is 0.630. The maximum atomic E-state index is 10.6. The molecule has 0 fully saturated rings. The molecule has 72 valence electrons. The van der Waals surface area contributed by atoms with Gasteiger partial charge in [0.05, 0.1) is 5.57 Å². The van der Waals surface area contributed by atoms with E-state index in [1.165, 1.54) is 18.2 Å². The van der Waals surface area contributed by atoms with Crippen molar-refractivity contribution in [1.29, 1.82) is 0 Å². The molecule has 0 aliphatic carbocycles. The number of hydrogen-bond acceptors (Lipinski definition) is 2. The summed E-state index contributed by atoms with van der Waals surface area (Å²) < 4.78 is 0. The molecule has 0 bridgehead atoms. The van der Waals surface area contributed by atoms with Crippen molar-refractivity contribution < 1.29 is 9.90 Å². The highest BCUT2D eigenvalue weighted by Crippen LogP contribution is 2.04. The maximum absolute atomic E-state index is 10.6. The predicted molar refractivity (Wildman–Crippen MR) is 53.3 cm³/mol. The second-order valence-electron chi connectivity index (χ2n) is 3.32. The van der Waals surface area contributed by atoms with Gasteiger partial charge < -0.3 is 10.8 Å². The molecule has 0 unspecified atom stereocenters. The first-order chi connectivity index (χ1) is 5.87. The molecule has 0 amide bonds. The Bertz CT molecular complexity index is 257. The van der Waals surface area contributed by atoms with E-state index in [0.717, 1.165) is 0 Å². The molecule has 3 heteroatoms. The quantitative estimate of drug-likeness (QED) is 0.510. The summed E-state index contributed by atoms with van der Waals surface area (Å²) in [5.41, 5.74) is 5.32. The van der Waals surface area contributed by atoms with Crippen LogP contribution in [0.4, 0.5) is 0 Å². The lowest BCUT2D eigenvalue weighted by atomic mass is 10.1. The van der Waals surface area contributed by atoms with E-state index in [2.05, 4.69) is 6.58 Å². The maximum Gasteiger partial charge on any atom is 0.335 e. The van der Waals surface area contributed by atoms with Gasteiger partial charge in [-0.3, -0.25) is 0 Å². The van der Waals surface area contributed by atoms with Crippen LogP contribution in [0.2, 0.25) is 0 Å². The Kier molecular flexibility index (Phi) is 4.14. The average molecular weight is 181 g/mol. The molecule has 0 aliphatic rings. The summed E-state index contributed by atoms with van der Waals surface area (Å²) >= 11 is 0. The van der Waals surface area contributed by atoms with Crippen LogP contribution in [0.15, 0.2) is 36.5 Å². The van der Waals surface area contributed by atoms with Gasteiger partial charge in [-0.25, -0.2) is 4.79 Å². The molecule has 0 heterocycles. The minimum Gasteiger partial charge on any atom is -0.478 e. The summed E-state index contributed by atoms with van der Waals surface area (Å²) in [7, 11) is 0. The molecule has 0 aromatic carbocycles. The molecule has 0 aromatic rings. The van der Waals surface area contributed by atoms with Gasteiger partial charge in [-0.05, 0) is 26.0 Å². The van der Waals surface area contributed by atoms with Crippen molar-refractivity contribution in [2.24, 2.45) is 5.73 Å². The zero-order chi connectivity index (χ0) is 10.5. The number of hydrogen-bond donors (Lipinski definition) is 2. The molecule has 3 nitrogen and oxygen atoms in total. The van der Waals surface area contributed by atoms with Crippen LogP contribution < -0.4 is 5.73 Å². The summed E-state index contributed by atoms with van der Waals surface area (Å²) in [5, 5.41) is 8.69. The highest BCUT2D eigenvalue weighted by Gasteiger charge is 2.06. The van der Waals surface area contributed by atoms with Crippen LogP contribution in [0.5, 0.6) is 0 Å². The van der Waals surface area contributed by atoms with Crippen LogP contribution in [-0.2, 0) is 4.79 Å². The first kappa shape index (κ1) is 11.6. The number of rotatable bonds is 4. The first-order valence-electron chi connectivity index (χ1n) is 3.91. The van der Waals surface area contributed by atoms with Gasteiger partial charge in [0, 0.05) is 5.54 Å². The van der Waals surface area contributed by atoms with Crippen molar-refractivity contribution in [2.75, 3.05) is 0 Å². The molecule has 0 atom stereocenters. The van der Waals surface area contributed by atoms with E-state index >= 15 is 0 Å².